The molecule has 0 aliphatic carbocycles. The van der Waals surface area contributed by atoms with Crippen molar-refractivity contribution in [3.63, 3.8) is 0 Å². The largest absolute Gasteiger partial charge is 0.382 e. The van der Waals surface area contributed by atoms with Gasteiger partial charge in [-0.2, -0.15) is 5.26 Å². The summed E-state index contributed by atoms with van der Waals surface area (Å²) >= 11 is 0. The third-order valence-corrected chi connectivity index (χ3v) is 2.24. The first-order chi connectivity index (χ1) is 9.04. The van der Waals surface area contributed by atoms with E-state index < -0.39 is 4.92 Å². The molecular formula is C13H15N3O3. The molecule has 19 heavy (non-hydrogen) atoms. The Labute approximate surface area is 111 Å². The van der Waals surface area contributed by atoms with Crippen LogP contribution in [-0.4, -0.2) is 24.7 Å². The number of nitriles is 1. The number of nitro groups is 1. The van der Waals surface area contributed by atoms with Gasteiger partial charge in [-0.15, -0.1) is 0 Å². The number of benzene rings is 1. The summed E-state index contributed by atoms with van der Waals surface area (Å²) in [6.45, 7) is 7.06. The van der Waals surface area contributed by atoms with E-state index in [-0.39, 0.29) is 11.3 Å². The molecule has 1 aromatic rings. The van der Waals surface area contributed by atoms with Gasteiger partial charge in [0, 0.05) is 18.7 Å². The second-order valence-corrected chi connectivity index (χ2v) is 4.04. The number of nitrogens with zero attached hydrogens (tertiary/aromatic N) is 2. The molecule has 0 aliphatic rings. The van der Waals surface area contributed by atoms with E-state index >= 15 is 0 Å². The number of ether oxygens (including phenoxy) is 1. The number of non-ortho nitro benzene ring substituents is 1. The Balaban J connectivity index is 2.57. The van der Waals surface area contributed by atoms with E-state index in [1.807, 2.05) is 13.0 Å². The zero-order chi connectivity index (χ0) is 14.3. The number of anilines is 1. The molecule has 0 fully saturated rings. The smallest absolute Gasteiger partial charge is 0.270 e. The highest BCUT2D eigenvalue weighted by atomic mass is 16.6. The van der Waals surface area contributed by atoms with Crippen LogP contribution in [0.2, 0.25) is 0 Å². The zero-order valence-electron chi connectivity index (χ0n) is 10.7. The summed E-state index contributed by atoms with van der Waals surface area (Å²) in [4.78, 5) is 10.1. The molecule has 0 unspecified atom stereocenters. The molecule has 0 aliphatic heterocycles. The van der Waals surface area contributed by atoms with Crippen LogP contribution in [-0.2, 0) is 4.74 Å². The van der Waals surface area contributed by atoms with E-state index in [4.69, 9.17) is 10.00 Å². The van der Waals surface area contributed by atoms with Gasteiger partial charge in [0.05, 0.1) is 29.4 Å². The minimum absolute atomic E-state index is 0.0966. The summed E-state index contributed by atoms with van der Waals surface area (Å²) < 4.78 is 5.30. The summed E-state index contributed by atoms with van der Waals surface area (Å²) in [7, 11) is 0. The van der Waals surface area contributed by atoms with Gasteiger partial charge in [0.2, 0.25) is 0 Å². The van der Waals surface area contributed by atoms with Crippen molar-refractivity contribution in [3.05, 3.63) is 46.0 Å². The highest BCUT2D eigenvalue weighted by molar-refractivity contribution is 5.61. The number of hydrogen-bond acceptors (Lipinski definition) is 5. The van der Waals surface area contributed by atoms with Crippen molar-refractivity contribution in [2.75, 3.05) is 25.1 Å². The molecule has 0 spiro atoms. The first kappa shape index (κ1) is 14.7. The van der Waals surface area contributed by atoms with Gasteiger partial charge in [-0.05, 0) is 13.0 Å². The van der Waals surface area contributed by atoms with Crippen molar-refractivity contribution < 1.29 is 9.66 Å². The first-order valence-corrected chi connectivity index (χ1v) is 5.69. The van der Waals surface area contributed by atoms with Crippen LogP contribution in [0.1, 0.15) is 12.5 Å². The molecule has 0 amide bonds. The molecule has 6 heteroatoms. The summed E-state index contributed by atoms with van der Waals surface area (Å²) in [5.41, 5.74) is 1.65. The lowest BCUT2D eigenvalue weighted by Crippen LogP contribution is -2.11. The van der Waals surface area contributed by atoms with E-state index in [1.54, 1.807) is 0 Å². The van der Waals surface area contributed by atoms with Crippen LogP contribution in [0.15, 0.2) is 30.4 Å². The summed E-state index contributed by atoms with van der Waals surface area (Å²) in [6.07, 6.45) is 0. The fourth-order valence-electron chi connectivity index (χ4n) is 1.40. The van der Waals surface area contributed by atoms with Gasteiger partial charge in [0.1, 0.15) is 6.07 Å². The monoisotopic (exact) mass is 261 g/mol. The van der Waals surface area contributed by atoms with Crippen LogP contribution in [0, 0.1) is 21.4 Å². The van der Waals surface area contributed by atoms with Gasteiger partial charge in [0.15, 0.2) is 0 Å². The van der Waals surface area contributed by atoms with Crippen LogP contribution in [0.4, 0.5) is 11.4 Å². The maximum atomic E-state index is 10.6. The number of hydrogen-bond donors (Lipinski definition) is 1. The summed E-state index contributed by atoms with van der Waals surface area (Å²) in [6, 6.07) is 6.06. The van der Waals surface area contributed by atoms with Gasteiger partial charge >= 0.3 is 0 Å². The lowest BCUT2D eigenvalue weighted by atomic mass is 10.1. The van der Waals surface area contributed by atoms with Crippen molar-refractivity contribution in [2.24, 2.45) is 0 Å². The second-order valence-electron chi connectivity index (χ2n) is 4.04. The van der Waals surface area contributed by atoms with Crippen molar-refractivity contribution in [1.82, 2.24) is 0 Å². The molecule has 0 atom stereocenters. The molecule has 1 rings (SSSR count). The molecule has 0 bridgehead atoms. The van der Waals surface area contributed by atoms with E-state index in [0.717, 1.165) is 5.57 Å². The lowest BCUT2D eigenvalue weighted by Gasteiger charge is -2.08. The van der Waals surface area contributed by atoms with E-state index in [9.17, 15) is 10.1 Å². The number of nitrogens with one attached hydrogen (secondary N) is 1. The standard InChI is InChI=1S/C13H15N3O3/c1-10(2)9-19-6-5-15-13-4-3-12(16(17)18)7-11(13)8-14/h3-4,7,15H,1,5-6,9H2,2H3. The van der Waals surface area contributed by atoms with Crippen LogP contribution in [0.25, 0.3) is 0 Å². The maximum absolute atomic E-state index is 10.6. The quantitative estimate of drug-likeness (QED) is 0.352. The minimum atomic E-state index is -0.527. The Kier molecular flexibility index (Phi) is 5.51. The topological polar surface area (TPSA) is 88.2 Å². The van der Waals surface area contributed by atoms with Gasteiger partial charge in [0.25, 0.3) is 5.69 Å². The average molecular weight is 261 g/mol. The Hall–Kier alpha value is -2.39. The second kappa shape index (κ2) is 7.13. The average Bonchev–Trinajstić information content (AvgIpc) is 2.37. The van der Waals surface area contributed by atoms with Crippen molar-refractivity contribution in [3.8, 4) is 6.07 Å². The van der Waals surface area contributed by atoms with Crippen LogP contribution in [0.3, 0.4) is 0 Å². The Morgan fingerprint density at radius 3 is 2.95 bits per heavy atom. The first-order valence-electron chi connectivity index (χ1n) is 5.69. The van der Waals surface area contributed by atoms with Crippen molar-refractivity contribution in [1.29, 1.82) is 5.26 Å². The zero-order valence-corrected chi connectivity index (χ0v) is 10.7. The normalized spacial score (nSPS) is 9.68. The third-order valence-electron chi connectivity index (χ3n) is 2.24. The Morgan fingerprint density at radius 1 is 1.63 bits per heavy atom. The van der Waals surface area contributed by atoms with Crippen LogP contribution >= 0.6 is 0 Å². The predicted molar refractivity (Wildman–Crippen MR) is 71.9 cm³/mol. The fourth-order valence-corrected chi connectivity index (χ4v) is 1.40. The molecule has 100 valence electrons. The molecule has 0 heterocycles. The molecule has 1 N–H and O–H groups in total. The van der Waals surface area contributed by atoms with E-state index in [1.165, 1.54) is 18.2 Å². The summed E-state index contributed by atoms with van der Waals surface area (Å²) in [5.74, 6) is 0. The molecule has 0 saturated heterocycles. The number of nitro benzene ring substituents is 1. The maximum Gasteiger partial charge on any atom is 0.270 e. The predicted octanol–water partition coefficient (Wildman–Crippen LogP) is 2.47. The molecular weight excluding hydrogens is 246 g/mol. The Morgan fingerprint density at radius 2 is 2.37 bits per heavy atom. The third kappa shape index (κ3) is 4.77. The number of rotatable bonds is 7. The molecule has 0 saturated carbocycles. The molecule has 0 aromatic heterocycles. The van der Waals surface area contributed by atoms with E-state index in [0.29, 0.717) is 25.4 Å². The minimum Gasteiger partial charge on any atom is -0.382 e. The molecule has 6 nitrogen and oxygen atoms in total. The molecule has 1 aromatic carbocycles. The lowest BCUT2D eigenvalue weighted by molar-refractivity contribution is -0.384. The van der Waals surface area contributed by atoms with Gasteiger partial charge in [-0.1, -0.05) is 12.2 Å². The highest BCUT2D eigenvalue weighted by Gasteiger charge is 2.09. The van der Waals surface area contributed by atoms with Crippen molar-refractivity contribution >= 4 is 11.4 Å². The SMILES string of the molecule is C=C(C)COCCNc1ccc([N+](=O)[O-])cc1C#N. The van der Waals surface area contributed by atoms with Gasteiger partial charge < -0.3 is 10.1 Å². The van der Waals surface area contributed by atoms with Crippen molar-refractivity contribution in [2.45, 2.75) is 6.92 Å². The fraction of sp³-hybridized carbons (Fsp3) is 0.308. The van der Waals surface area contributed by atoms with Gasteiger partial charge in [-0.25, -0.2) is 0 Å². The van der Waals surface area contributed by atoms with Gasteiger partial charge in [-0.3, -0.25) is 10.1 Å². The summed E-state index contributed by atoms with van der Waals surface area (Å²) in [5, 5.41) is 22.5. The molecule has 0 radical (unpaired) electrons. The Bertz CT molecular complexity index is 520. The highest BCUT2D eigenvalue weighted by Crippen LogP contribution is 2.21. The van der Waals surface area contributed by atoms with Crippen LogP contribution < -0.4 is 5.32 Å². The van der Waals surface area contributed by atoms with Crippen LogP contribution in [0.5, 0.6) is 0 Å². The van der Waals surface area contributed by atoms with E-state index in [2.05, 4.69) is 11.9 Å².